The van der Waals surface area contributed by atoms with E-state index >= 15 is 0 Å². The smallest absolute Gasteiger partial charge is 0.746 e. The van der Waals surface area contributed by atoms with Crippen molar-refractivity contribution in [2.45, 2.75) is 0 Å². The van der Waals surface area contributed by atoms with Crippen LogP contribution < -0.4 is 56.3 Å². The second kappa shape index (κ2) is 5.44. The zero-order chi connectivity index (χ0) is 8.36. The monoisotopic (exact) mass is 207 g/mol. The van der Waals surface area contributed by atoms with Crippen LogP contribution in [0.3, 0.4) is 0 Å². The number of aliphatic carboxylic acids is 1. The summed E-state index contributed by atoms with van der Waals surface area (Å²) in [5, 5.41) is 7.95. The molecule has 2 N–H and O–H groups in total. The second-order valence-electron chi connectivity index (χ2n) is 1.29. The summed E-state index contributed by atoms with van der Waals surface area (Å²) in [6.07, 6.45) is 0. The van der Waals surface area contributed by atoms with Gasteiger partial charge in [0.05, 0.1) is 0 Å². The van der Waals surface area contributed by atoms with Crippen molar-refractivity contribution in [3.63, 3.8) is 0 Å². The van der Waals surface area contributed by atoms with Gasteiger partial charge >= 0.3 is 65.2 Å². The third-order valence-electron chi connectivity index (χ3n) is 0.464. The largest absolute Gasteiger partial charge is 1.00 e. The van der Waals surface area contributed by atoms with E-state index in [0.29, 0.717) is 0 Å². The summed E-state index contributed by atoms with van der Waals surface area (Å²) in [6.45, 7) is 2.69. The molecule has 0 aromatic carbocycles. The van der Waals surface area contributed by atoms with Crippen LogP contribution in [0.5, 0.6) is 0 Å². The van der Waals surface area contributed by atoms with Gasteiger partial charge in [-0.15, -0.1) is 0 Å². The Bertz CT molecular complexity index is 206. The number of hydrogen-bond acceptors (Lipinski definition) is 4. The molecule has 6 nitrogen and oxygen atoms in total. The summed E-state index contributed by atoms with van der Waals surface area (Å²) >= 11 is 0. The van der Waals surface area contributed by atoms with Crippen molar-refractivity contribution in [2.24, 2.45) is 0 Å². The number of phosphoric ester groups is 1. The Morgan fingerprint density at radius 3 is 2.09 bits per heavy atom. The van der Waals surface area contributed by atoms with E-state index in [2.05, 4.69) is 11.1 Å². The van der Waals surface area contributed by atoms with Gasteiger partial charge in [0.25, 0.3) is 0 Å². The molecule has 0 radical (unpaired) electrons. The van der Waals surface area contributed by atoms with Gasteiger partial charge in [0, 0.05) is 0 Å². The Balaban J connectivity index is 0. The Labute approximate surface area is 105 Å². The summed E-state index contributed by atoms with van der Waals surface area (Å²) in [7, 11) is -5.01. The predicted molar refractivity (Wildman–Crippen MR) is 27.7 cm³/mol. The number of carboxylic acid groups (broad SMARTS) is 1. The van der Waals surface area contributed by atoms with Crippen LogP contribution in [0.2, 0.25) is 0 Å². The number of phosphoric acid groups is 1. The number of hydrogen-bond donors (Lipinski definition) is 2. The van der Waals surface area contributed by atoms with Gasteiger partial charge in [0.2, 0.25) is 5.76 Å². The first-order chi connectivity index (χ1) is 4.33. The molecule has 0 fully saturated rings. The van der Waals surface area contributed by atoms with E-state index in [4.69, 9.17) is 10.00 Å². The average molecular weight is 207 g/mol. The van der Waals surface area contributed by atoms with Gasteiger partial charge < -0.3 is 19.4 Å². The number of carboxylic acids is 1. The zero-order valence-corrected chi connectivity index (χ0v) is 9.70. The van der Waals surface area contributed by atoms with Gasteiger partial charge in [-0.2, -0.15) is 0 Å². The molecule has 0 heterocycles. The molecule has 11 heavy (non-hydrogen) atoms. The van der Waals surface area contributed by atoms with Gasteiger partial charge in [-0.1, -0.05) is 0 Å². The van der Waals surface area contributed by atoms with Crippen molar-refractivity contribution < 1.29 is 80.2 Å². The molecular weight excluding hydrogens is 203 g/mol. The van der Waals surface area contributed by atoms with Crippen molar-refractivity contribution >= 4 is 13.8 Å². The molecule has 0 aromatic heterocycles. The molecule has 0 aliphatic carbocycles. The molecule has 0 spiro atoms. The van der Waals surface area contributed by atoms with Crippen molar-refractivity contribution in [3.8, 4) is 0 Å². The van der Waals surface area contributed by atoms with E-state index in [1.807, 2.05) is 0 Å². The first-order valence-corrected chi connectivity index (χ1v) is 3.48. The Kier molecular flexibility index (Phi) is 7.09. The second-order valence-corrected chi connectivity index (χ2v) is 2.41. The summed E-state index contributed by atoms with van der Waals surface area (Å²) in [5.41, 5.74) is 0. The van der Waals surface area contributed by atoms with Crippen molar-refractivity contribution in [2.75, 3.05) is 0 Å². The molecule has 0 amide bonds. The van der Waals surface area contributed by atoms with Crippen LogP contribution in [-0.2, 0) is 13.9 Å². The van der Waals surface area contributed by atoms with Crippen LogP contribution in [-0.4, -0.2) is 16.0 Å². The molecule has 0 aliphatic heterocycles. The van der Waals surface area contributed by atoms with E-state index in [-0.39, 0.29) is 51.4 Å². The van der Waals surface area contributed by atoms with Crippen LogP contribution in [0, 0.1) is 0 Å². The maximum Gasteiger partial charge on any atom is 1.00 e. The molecule has 1 atom stereocenters. The molecule has 8 heteroatoms. The molecule has 0 aliphatic rings. The quantitative estimate of drug-likeness (QED) is 0.161. The van der Waals surface area contributed by atoms with Crippen LogP contribution in [0.15, 0.2) is 12.3 Å². The normalized spacial score (nSPS) is 14.0. The van der Waals surface area contributed by atoms with Crippen molar-refractivity contribution in [1.82, 2.24) is 0 Å². The van der Waals surface area contributed by atoms with Gasteiger partial charge in [-0.25, -0.2) is 4.79 Å². The molecule has 0 saturated heterocycles. The van der Waals surface area contributed by atoms with Gasteiger partial charge in [-0.3, -0.25) is 4.57 Å². The van der Waals surface area contributed by atoms with Crippen LogP contribution in [0.1, 0.15) is 0 Å². The molecule has 1 unspecified atom stereocenters. The maximum atomic E-state index is 9.78. The topological polar surface area (TPSA) is 107 Å². The molecule has 0 aromatic rings. The molecular formula is C3H4KO6P. The van der Waals surface area contributed by atoms with E-state index in [1.54, 1.807) is 0 Å². The molecule has 0 bridgehead atoms. The van der Waals surface area contributed by atoms with Crippen LogP contribution in [0.4, 0.5) is 0 Å². The van der Waals surface area contributed by atoms with Gasteiger partial charge in [0.15, 0.2) is 0 Å². The molecule has 0 saturated carbocycles. The third-order valence-corrected chi connectivity index (χ3v) is 0.915. The first-order valence-electron chi connectivity index (χ1n) is 1.98. The van der Waals surface area contributed by atoms with E-state index in [1.165, 1.54) is 0 Å². The standard InChI is InChI=1S/C3H5O6P.K/c1-2(3(4)5)9-10(6,7)8;/h1H2,(H,4,5)(H2,6,7,8);/q;+1/p-1/i1+1;. The fraction of sp³-hybridized carbons (Fsp3) is 0. The Morgan fingerprint density at radius 1 is 1.64 bits per heavy atom. The molecule has 0 rings (SSSR count). The average Bonchev–Trinajstić information content (AvgIpc) is 1.60. The fourth-order valence-electron chi connectivity index (χ4n) is 0.178. The zero-order valence-electron chi connectivity index (χ0n) is 5.68. The Morgan fingerprint density at radius 2 is 2.00 bits per heavy atom. The van der Waals surface area contributed by atoms with E-state index in [0.717, 1.165) is 0 Å². The minimum atomic E-state index is -5.01. The SMILES string of the molecule is [13CH2]=C(OP(=O)([O-])O)C(=O)O.[K+]. The Hall–Kier alpha value is 0.796. The first kappa shape index (κ1) is 14.3. The minimum Gasteiger partial charge on any atom is -0.746 e. The summed E-state index contributed by atoms with van der Waals surface area (Å²) in [6, 6.07) is 0. The minimum absolute atomic E-state index is 0. The summed E-state index contributed by atoms with van der Waals surface area (Å²) in [5.74, 6) is -2.69. The maximum absolute atomic E-state index is 9.78. The van der Waals surface area contributed by atoms with Crippen molar-refractivity contribution in [1.29, 1.82) is 0 Å². The fourth-order valence-corrected chi connectivity index (χ4v) is 0.535. The number of rotatable bonds is 3. The van der Waals surface area contributed by atoms with Gasteiger partial charge in [0.1, 0.15) is 0 Å². The predicted octanol–water partition coefficient (Wildman–Crippen LogP) is -3.93. The van der Waals surface area contributed by atoms with E-state index < -0.39 is 19.6 Å². The van der Waals surface area contributed by atoms with Crippen LogP contribution >= 0.6 is 7.82 Å². The van der Waals surface area contributed by atoms with Crippen molar-refractivity contribution in [3.05, 3.63) is 12.3 Å². The van der Waals surface area contributed by atoms with Crippen LogP contribution in [0.25, 0.3) is 0 Å². The summed E-state index contributed by atoms with van der Waals surface area (Å²) < 4.78 is 13.2. The van der Waals surface area contributed by atoms with Gasteiger partial charge in [-0.05, 0) is 6.58 Å². The third kappa shape index (κ3) is 8.70. The summed E-state index contributed by atoms with van der Waals surface area (Å²) in [4.78, 5) is 27.5. The molecule has 58 valence electrons. The van der Waals surface area contributed by atoms with E-state index in [9.17, 15) is 14.3 Å². The number of carbonyl (C=O) groups is 1.